The molecule has 0 atom stereocenters. The van der Waals surface area contributed by atoms with Crippen molar-refractivity contribution in [3.8, 4) is 17.4 Å². The molecule has 0 bridgehead atoms. The molecule has 0 aliphatic rings. The van der Waals surface area contributed by atoms with Gasteiger partial charge in [-0.25, -0.2) is 8.42 Å². The van der Waals surface area contributed by atoms with Gasteiger partial charge in [-0.3, -0.25) is 0 Å². The Hall–Kier alpha value is -2.59. The van der Waals surface area contributed by atoms with Crippen molar-refractivity contribution < 1.29 is 12.8 Å². The molecule has 0 radical (unpaired) electrons. The molecule has 7 heteroatoms. The number of hydrogen-bond donors (Lipinski definition) is 0. The van der Waals surface area contributed by atoms with Crippen LogP contribution in [0.1, 0.15) is 11.3 Å². The van der Waals surface area contributed by atoms with E-state index in [4.69, 9.17) is 21.3 Å². The summed E-state index contributed by atoms with van der Waals surface area (Å²) in [6.07, 6.45) is 0. The summed E-state index contributed by atoms with van der Waals surface area (Å²) in [6, 6.07) is 18.6. The first-order valence-electron chi connectivity index (χ1n) is 7.71. The van der Waals surface area contributed by atoms with Crippen molar-refractivity contribution >= 4 is 21.6 Å². The van der Waals surface area contributed by atoms with Crippen LogP contribution in [-0.2, 0) is 16.6 Å². The maximum absolute atomic E-state index is 12.7. The van der Waals surface area contributed by atoms with Crippen LogP contribution in [-0.4, -0.2) is 19.8 Å². The molecular weight excluding hydrogens is 372 g/mol. The Morgan fingerprint density at radius 1 is 1.12 bits per heavy atom. The van der Waals surface area contributed by atoms with E-state index in [2.05, 4.69) is 0 Å². The maximum Gasteiger partial charge on any atom is 0.243 e. The van der Waals surface area contributed by atoms with Gasteiger partial charge in [-0.05, 0) is 54.6 Å². The summed E-state index contributed by atoms with van der Waals surface area (Å²) in [5.74, 6) is 1.14. The molecule has 2 aromatic carbocycles. The van der Waals surface area contributed by atoms with Gasteiger partial charge in [-0.15, -0.1) is 0 Å². The fourth-order valence-corrected chi connectivity index (χ4v) is 3.75. The second-order valence-electron chi connectivity index (χ2n) is 5.67. The van der Waals surface area contributed by atoms with E-state index >= 15 is 0 Å². The number of benzene rings is 2. The van der Waals surface area contributed by atoms with Crippen LogP contribution in [0.5, 0.6) is 0 Å². The van der Waals surface area contributed by atoms with E-state index < -0.39 is 10.0 Å². The molecule has 1 aromatic heterocycles. The molecule has 1 heterocycles. The Morgan fingerprint density at radius 2 is 1.85 bits per heavy atom. The summed E-state index contributed by atoms with van der Waals surface area (Å²) < 4.78 is 32.3. The molecule has 0 aliphatic heterocycles. The molecule has 0 amide bonds. The lowest BCUT2D eigenvalue weighted by molar-refractivity contribution is 0.410. The maximum atomic E-state index is 12.7. The molecular formula is C19H15ClN2O3S. The summed E-state index contributed by atoms with van der Waals surface area (Å²) in [4.78, 5) is 0.0727. The second-order valence-corrected chi connectivity index (χ2v) is 8.15. The first-order valence-corrected chi connectivity index (χ1v) is 9.53. The molecule has 0 unspecified atom stereocenters. The molecule has 0 saturated carbocycles. The first-order chi connectivity index (χ1) is 12.4. The van der Waals surface area contributed by atoms with Gasteiger partial charge >= 0.3 is 0 Å². The fourth-order valence-electron chi connectivity index (χ4n) is 2.44. The summed E-state index contributed by atoms with van der Waals surface area (Å²) in [5.41, 5.74) is 1.15. The van der Waals surface area contributed by atoms with E-state index in [0.717, 1.165) is 5.56 Å². The number of sulfonamides is 1. The molecule has 0 N–H and O–H groups in total. The van der Waals surface area contributed by atoms with Gasteiger partial charge in [0, 0.05) is 17.6 Å². The van der Waals surface area contributed by atoms with Crippen LogP contribution in [0.3, 0.4) is 0 Å². The van der Waals surface area contributed by atoms with Gasteiger partial charge in [0.1, 0.15) is 11.5 Å². The fraction of sp³-hybridized carbons (Fsp3) is 0.105. The third-order valence-electron chi connectivity index (χ3n) is 3.84. The normalized spacial score (nSPS) is 11.5. The van der Waals surface area contributed by atoms with Crippen LogP contribution in [0, 0.1) is 11.3 Å². The van der Waals surface area contributed by atoms with Crippen LogP contribution in [0.25, 0.3) is 11.3 Å². The van der Waals surface area contributed by atoms with Gasteiger partial charge in [0.05, 0.1) is 23.1 Å². The van der Waals surface area contributed by atoms with E-state index in [1.165, 1.54) is 23.5 Å². The van der Waals surface area contributed by atoms with E-state index in [-0.39, 0.29) is 11.4 Å². The van der Waals surface area contributed by atoms with E-state index in [1.54, 1.807) is 36.4 Å². The van der Waals surface area contributed by atoms with E-state index in [1.807, 2.05) is 18.2 Å². The van der Waals surface area contributed by atoms with Crippen molar-refractivity contribution in [3.05, 3.63) is 77.0 Å². The summed E-state index contributed by atoms with van der Waals surface area (Å²) in [5, 5.41) is 9.58. The first kappa shape index (κ1) is 18.2. The van der Waals surface area contributed by atoms with Gasteiger partial charge in [0.2, 0.25) is 10.0 Å². The third kappa shape index (κ3) is 3.81. The zero-order valence-corrected chi connectivity index (χ0v) is 15.5. The minimum absolute atomic E-state index is 0.0727. The minimum atomic E-state index is -3.73. The standard InChI is InChI=1S/C19H15ClN2O3S/c1-22(26(23,24)18-4-2-3-14(11-18)12-21)13-17-9-10-19(25-17)15-5-7-16(20)8-6-15/h2-11H,13H2,1H3. The molecule has 0 spiro atoms. The Kier molecular flexibility index (Phi) is 5.14. The smallest absolute Gasteiger partial charge is 0.243 e. The molecule has 26 heavy (non-hydrogen) atoms. The number of rotatable bonds is 5. The van der Waals surface area contributed by atoms with Crippen molar-refractivity contribution in [1.82, 2.24) is 4.31 Å². The van der Waals surface area contributed by atoms with Crippen molar-refractivity contribution in [2.45, 2.75) is 11.4 Å². The zero-order chi connectivity index (χ0) is 18.7. The number of halogens is 1. The van der Waals surface area contributed by atoms with Crippen LogP contribution < -0.4 is 0 Å². The molecule has 0 fully saturated rings. The summed E-state index contributed by atoms with van der Waals surface area (Å²) >= 11 is 5.88. The SMILES string of the molecule is CN(Cc1ccc(-c2ccc(Cl)cc2)o1)S(=O)(=O)c1cccc(C#N)c1. The van der Waals surface area contributed by atoms with Crippen molar-refractivity contribution in [2.24, 2.45) is 0 Å². The van der Waals surface area contributed by atoms with Crippen LogP contribution in [0.4, 0.5) is 0 Å². The largest absolute Gasteiger partial charge is 0.460 e. The number of hydrogen-bond acceptors (Lipinski definition) is 4. The van der Waals surface area contributed by atoms with Gasteiger partial charge < -0.3 is 4.42 Å². The molecule has 132 valence electrons. The van der Waals surface area contributed by atoms with Crippen LogP contribution in [0.2, 0.25) is 5.02 Å². The predicted molar refractivity (Wildman–Crippen MR) is 99.0 cm³/mol. The lowest BCUT2D eigenvalue weighted by Crippen LogP contribution is -2.26. The highest BCUT2D eigenvalue weighted by molar-refractivity contribution is 7.89. The highest BCUT2D eigenvalue weighted by Gasteiger charge is 2.22. The van der Waals surface area contributed by atoms with Gasteiger partial charge in [0.15, 0.2) is 0 Å². The highest BCUT2D eigenvalue weighted by atomic mass is 35.5. The van der Waals surface area contributed by atoms with Crippen LogP contribution in [0.15, 0.2) is 70.0 Å². The molecule has 3 aromatic rings. The molecule has 0 aliphatic carbocycles. The Balaban J connectivity index is 1.80. The van der Waals surface area contributed by atoms with Crippen molar-refractivity contribution in [1.29, 1.82) is 5.26 Å². The number of nitriles is 1. The van der Waals surface area contributed by atoms with Gasteiger partial charge in [-0.2, -0.15) is 9.57 Å². The van der Waals surface area contributed by atoms with Crippen molar-refractivity contribution in [3.63, 3.8) is 0 Å². The molecule has 5 nitrogen and oxygen atoms in total. The number of nitrogens with zero attached hydrogens (tertiary/aromatic N) is 2. The molecule has 0 saturated heterocycles. The predicted octanol–water partition coefficient (Wildman–Crippen LogP) is 4.29. The topological polar surface area (TPSA) is 74.3 Å². The third-order valence-corrected chi connectivity index (χ3v) is 5.89. The average Bonchev–Trinajstić information content (AvgIpc) is 3.10. The lowest BCUT2D eigenvalue weighted by Gasteiger charge is -2.16. The Bertz CT molecular complexity index is 1070. The molecule has 3 rings (SSSR count). The Morgan fingerprint density at radius 3 is 2.54 bits per heavy atom. The monoisotopic (exact) mass is 386 g/mol. The lowest BCUT2D eigenvalue weighted by atomic mass is 10.2. The summed E-state index contributed by atoms with van der Waals surface area (Å²) in [6.45, 7) is 0.0761. The van der Waals surface area contributed by atoms with Gasteiger partial charge in [-0.1, -0.05) is 17.7 Å². The summed E-state index contributed by atoms with van der Waals surface area (Å²) in [7, 11) is -2.25. The van der Waals surface area contributed by atoms with E-state index in [0.29, 0.717) is 22.1 Å². The Labute approximate surface area is 157 Å². The quantitative estimate of drug-likeness (QED) is 0.655. The zero-order valence-electron chi connectivity index (χ0n) is 13.9. The highest BCUT2D eigenvalue weighted by Crippen LogP contribution is 2.25. The van der Waals surface area contributed by atoms with Gasteiger partial charge in [0.25, 0.3) is 0 Å². The van der Waals surface area contributed by atoms with Crippen molar-refractivity contribution in [2.75, 3.05) is 7.05 Å². The minimum Gasteiger partial charge on any atom is -0.460 e. The van der Waals surface area contributed by atoms with E-state index in [9.17, 15) is 8.42 Å². The number of furan rings is 1. The average molecular weight is 387 g/mol. The second kappa shape index (κ2) is 7.34. The van der Waals surface area contributed by atoms with Crippen LogP contribution >= 0.6 is 11.6 Å².